The summed E-state index contributed by atoms with van der Waals surface area (Å²) in [5.41, 5.74) is 0.626. The third-order valence-electron chi connectivity index (χ3n) is 2.71. The van der Waals surface area contributed by atoms with E-state index in [9.17, 15) is 14.0 Å². The largest absolute Gasteiger partial charge is 0.464 e. The van der Waals surface area contributed by atoms with Crippen molar-refractivity contribution in [2.75, 3.05) is 18.9 Å². The summed E-state index contributed by atoms with van der Waals surface area (Å²) in [7, 11) is 1.45. The van der Waals surface area contributed by atoms with Gasteiger partial charge in [0, 0.05) is 12.6 Å². The predicted molar refractivity (Wildman–Crippen MR) is 75.2 cm³/mol. The molecule has 1 aromatic heterocycles. The minimum absolute atomic E-state index is 0.00157. The highest BCUT2D eigenvalue weighted by Crippen LogP contribution is 2.25. The second kappa shape index (κ2) is 6.56. The Hall–Kier alpha value is -2.83. The zero-order valence-corrected chi connectivity index (χ0v) is 11.3. The number of hydrogen-bond acceptors (Lipinski definition) is 3. The number of halogens is 1. The van der Waals surface area contributed by atoms with E-state index < -0.39 is 11.8 Å². The Labute approximate surface area is 120 Å². The Kier molecular flexibility index (Phi) is 4.55. The molecule has 0 radical (unpaired) electrons. The molecular formula is C14H14FN3O3. The molecule has 1 heterocycles. The third-order valence-corrected chi connectivity index (χ3v) is 2.71. The first-order chi connectivity index (χ1) is 10.1. The number of benzene rings is 1. The van der Waals surface area contributed by atoms with Crippen LogP contribution in [0.4, 0.5) is 14.9 Å². The van der Waals surface area contributed by atoms with E-state index in [-0.39, 0.29) is 18.1 Å². The summed E-state index contributed by atoms with van der Waals surface area (Å²) in [5, 5.41) is 7.01. The van der Waals surface area contributed by atoms with Crippen LogP contribution in [0.2, 0.25) is 0 Å². The van der Waals surface area contributed by atoms with Gasteiger partial charge in [0.05, 0.1) is 18.5 Å². The Morgan fingerprint density at radius 3 is 2.76 bits per heavy atom. The van der Waals surface area contributed by atoms with Crippen molar-refractivity contribution >= 4 is 17.6 Å². The van der Waals surface area contributed by atoms with E-state index in [1.165, 1.54) is 25.4 Å². The highest BCUT2D eigenvalue weighted by atomic mass is 19.1. The fraction of sp³-hybridized carbons (Fsp3) is 0.143. The number of rotatable bonds is 4. The number of furan rings is 1. The van der Waals surface area contributed by atoms with Crippen LogP contribution in [0.3, 0.4) is 0 Å². The van der Waals surface area contributed by atoms with Crippen molar-refractivity contribution in [1.29, 1.82) is 0 Å². The summed E-state index contributed by atoms with van der Waals surface area (Å²) >= 11 is 0. The molecule has 6 nitrogen and oxygen atoms in total. The van der Waals surface area contributed by atoms with E-state index in [1.54, 1.807) is 18.2 Å². The molecule has 2 aromatic rings. The number of urea groups is 1. The number of anilines is 1. The fourth-order valence-electron chi connectivity index (χ4n) is 1.63. The van der Waals surface area contributed by atoms with Gasteiger partial charge in [0.15, 0.2) is 0 Å². The molecule has 0 spiro atoms. The van der Waals surface area contributed by atoms with E-state index in [1.807, 2.05) is 0 Å². The summed E-state index contributed by atoms with van der Waals surface area (Å²) in [6.45, 7) is -0.193. The predicted octanol–water partition coefficient (Wildman–Crippen LogP) is 1.95. The van der Waals surface area contributed by atoms with Crippen molar-refractivity contribution in [2.24, 2.45) is 0 Å². The van der Waals surface area contributed by atoms with Crippen molar-refractivity contribution in [3.63, 3.8) is 0 Å². The normalized spacial score (nSPS) is 10.0. The number of amides is 3. The first-order valence-electron chi connectivity index (χ1n) is 6.19. The summed E-state index contributed by atoms with van der Waals surface area (Å²) in [6.07, 6.45) is 1.50. The molecule has 2 rings (SSSR count). The lowest BCUT2D eigenvalue weighted by molar-refractivity contribution is -0.119. The molecule has 0 saturated heterocycles. The monoisotopic (exact) mass is 291 g/mol. The molecule has 7 heteroatoms. The van der Waals surface area contributed by atoms with Crippen molar-refractivity contribution in [1.82, 2.24) is 10.6 Å². The number of likely N-dealkylation sites (N-methyl/N-ethyl adjacent to an activating group) is 1. The zero-order valence-electron chi connectivity index (χ0n) is 11.3. The second-order valence-electron chi connectivity index (χ2n) is 4.15. The lowest BCUT2D eigenvalue weighted by atomic mass is 10.1. The lowest BCUT2D eigenvalue weighted by Crippen LogP contribution is -2.37. The smallest absolute Gasteiger partial charge is 0.319 e. The Morgan fingerprint density at radius 1 is 1.29 bits per heavy atom. The van der Waals surface area contributed by atoms with Gasteiger partial charge in [-0.2, -0.15) is 0 Å². The number of nitrogens with one attached hydrogen (secondary N) is 3. The molecule has 21 heavy (non-hydrogen) atoms. The van der Waals surface area contributed by atoms with Crippen molar-refractivity contribution < 1.29 is 18.4 Å². The summed E-state index contributed by atoms with van der Waals surface area (Å²) in [5.74, 6) is -0.376. The van der Waals surface area contributed by atoms with Crippen LogP contribution < -0.4 is 16.0 Å². The van der Waals surface area contributed by atoms with Crippen LogP contribution in [0.25, 0.3) is 11.3 Å². The van der Waals surface area contributed by atoms with Crippen LogP contribution in [0.5, 0.6) is 0 Å². The third kappa shape index (κ3) is 3.82. The van der Waals surface area contributed by atoms with Gasteiger partial charge in [-0.25, -0.2) is 9.18 Å². The highest BCUT2D eigenvalue weighted by molar-refractivity contribution is 5.92. The van der Waals surface area contributed by atoms with E-state index in [2.05, 4.69) is 16.0 Å². The molecule has 0 aliphatic carbocycles. The van der Waals surface area contributed by atoms with E-state index in [0.29, 0.717) is 11.3 Å². The summed E-state index contributed by atoms with van der Waals surface area (Å²) in [4.78, 5) is 22.6. The van der Waals surface area contributed by atoms with Gasteiger partial charge in [0.25, 0.3) is 0 Å². The molecular weight excluding hydrogens is 277 g/mol. The van der Waals surface area contributed by atoms with Gasteiger partial charge >= 0.3 is 6.03 Å². The number of hydrogen-bond donors (Lipinski definition) is 3. The van der Waals surface area contributed by atoms with E-state index >= 15 is 0 Å². The molecule has 0 fully saturated rings. The standard InChI is InChI=1S/C14H14FN3O3/c1-16-13(19)8-17-14(20)18-11-7-9(4-5-10(11)15)12-3-2-6-21-12/h2-7H,8H2,1H3,(H,16,19)(H2,17,18,20). The van der Waals surface area contributed by atoms with Gasteiger partial charge in [0.1, 0.15) is 11.6 Å². The second-order valence-corrected chi connectivity index (χ2v) is 4.15. The SMILES string of the molecule is CNC(=O)CNC(=O)Nc1cc(-c2ccco2)ccc1F. The molecule has 0 unspecified atom stereocenters. The fourth-order valence-corrected chi connectivity index (χ4v) is 1.63. The van der Waals surface area contributed by atoms with Gasteiger partial charge < -0.3 is 20.4 Å². The molecule has 1 aromatic carbocycles. The average molecular weight is 291 g/mol. The topological polar surface area (TPSA) is 83.4 Å². The van der Waals surface area contributed by atoms with Crippen molar-refractivity contribution in [3.8, 4) is 11.3 Å². The molecule has 110 valence electrons. The highest BCUT2D eigenvalue weighted by Gasteiger charge is 2.10. The minimum Gasteiger partial charge on any atom is -0.464 e. The summed E-state index contributed by atoms with van der Waals surface area (Å²) in [6, 6.07) is 6.99. The van der Waals surface area contributed by atoms with Crippen molar-refractivity contribution in [3.05, 3.63) is 42.4 Å². The van der Waals surface area contributed by atoms with Gasteiger partial charge in [-0.3, -0.25) is 4.79 Å². The first kappa shape index (κ1) is 14.6. The number of carbonyl (C=O) groups excluding carboxylic acids is 2. The molecule has 0 atom stereocenters. The number of carbonyl (C=O) groups is 2. The maximum atomic E-state index is 13.7. The maximum Gasteiger partial charge on any atom is 0.319 e. The van der Waals surface area contributed by atoms with Crippen molar-refractivity contribution in [2.45, 2.75) is 0 Å². The van der Waals surface area contributed by atoms with Gasteiger partial charge in [-0.05, 0) is 30.3 Å². The van der Waals surface area contributed by atoms with Gasteiger partial charge in [0.2, 0.25) is 5.91 Å². The maximum absolute atomic E-state index is 13.7. The van der Waals surface area contributed by atoms with Gasteiger partial charge in [-0.15, -0.1) is 0 Å². The molecule has 3 N–H and O–H groups in total. The van der Waals surface area contributed by atoms with Crippen LogP contribution >= 0.6 is 0 Å². The zero-order chi connectivity index (χ0) is 15.2. The summed E-state index contributed by atoms with van der Waals surface area (Å²) < 4.78 is 18.9. The van der Waals surface area contributed by atoms with Gasteiger partial charge in [-0.1, -0.05) is 0 Å². The van der Waals surface area contributed by atoms with Crippen LogP contribution in [0.15, 0.2) is 41.0 Å². The Bertz CT molecular complexity index is 641. The van der Waals surface area contributed by atoms with Crippen LogP contribution in [-0.2, 0) is 4.79 Å². The Balaban J connectivity index is 2.07. The van der Waals surface area contributed by atoms with Crippen LogP contribution in [-0.4, -0.2) is 25.5 Å². The average Bonchev–Trinajstić information content (AvgIpc) is 3.01. The quantitative estimate of drug-likeness (QED) is 0.805. The molecule has 0 aliphatic heterocycles. The molecule has 0 aliphatic rings. The van der Waals surface area contributed by atoms with Crippen LogP contribution in [0.1, 0.15) is 0 Å². The van der Waals surface area contributed by atoms with E-state index in [0.717, 1.165) is 0 Å². The molecule has 0 bridgehead atoms. The Morgan fingerprint density at radius 2 is 2.10 bits per heavy atom. The minimum atomic E-state index is -0.672. The first-order valence-corrected chi connectivity index (χ1v) is 6.19. The van der Waals surface area contributed by atoms with E-state index in [4.69, 9.17) is 4.42 Å². The lowest BCUT2D eigenvalue weighted by Gasteiger charge is -2.09. The van der Waals surface area contributed by atoms with Crippen LogP contribution in [0, 0.1) is 5.82 Å². The molecule has 0 saturated carbocycles. The molecule has 3 amide bonds.